The van der Waals surface area contributed by atoms with Crippen LogP contribution in [0.3, 0.4) is 0 Å². The standard InChI is InChI=1S/C19H24N4O2S/c1-3-4-5-10-16-21-22-19(26-16)20-18(25)14-11-17(24)23(12-14)15-9-7-6-8-13(15)2/h6-9,14H,3-5,10-12H2,1-2H3,(H,20,22,25)/t14-/m0/s1. The summed E-state index contributed by atoms with van der Waals surface area (Å²) in [6, 6.07) is 7.74. The van der Waals surface area contributed by atoms with E-state index in [1.807, 2.05) is 31.2 Å². The number of aromatic nitrogens is 2. The highest BCUT2D eigenvalue weighted by Gasteiger charge is 2.35. The Morgan fingerprint density at radius 2 is 2.12 bits per heavy atom. The van der Waals surface area contributed by atoms with Crippen LogP contribution in [0.2, 0.25) is 0 Å². The lowest BCUT2D eigenvalue weighted by Crippen LogP contribution is -2.28. The lowest BCUT2D eigenvalue weighted by Gasteiger charge is -2.18. The molecule has 1 N–H and O–H groups in total. The Kier molecular flexibility index (Phi) is 5.98. The lowest BCUT2D eigenvalue weighted by molar-refractivity contribution is -0.122. The van der Waals surface area contributed by atoms with Gasteiger partial charge in [-0.15, -0.1) is 10.2 Å². The van der Waals surface area contributed by atoms with Crippen LogP contribution in [0.1, 0.15) is 43.2 Å². The molecule has 0 unspecified atom stereocenters. The van der Waals surface area contributed by atoms with Crippen LogP contribution < -0.4 is 10.2 Å². The van der Waals surface area contributed by atoms with E-state index in [9.17, 15) is 9.59 Å². The average molecular weight is 372 g/mol. The van der Waals surface area contributed by atoms with Crippen LogP contribution in [0.5, 0.6) is 0 Å². The van der Waals surface area contributed by atoms with E-state index < -0.39 is 0 Å². The van der Waals surface area contributed by atoms with Crippen molar-refractivity contribution in [1.29, 1.82) is 0 Å². The Labute approximate surface area is 157 Å². The Hall–Kier alpha value is -2.28. The molecule has 2 amide bonds. The highest BCUT2D eigenvalue weighted by Crippen LogP contribution is 2.28. The molecule has 2 heterocycles. The zero-order valence-electron chi connectivity index (χ0n) is 15.2. The number of nitrogens with zero attached hydrogens (tertiary/aromatic N) is 3. The maximum atomic E-state index is 12.5. The molecule has 1 atom stereocenters. The zero-order chi connectivity index (χ0) is 18.5. The van der Waals surface area contributed by atoms with E-state index in [1.54, 1.807) is 4.90 Å². The predicted octanol–water partition coefficient (Wildman–Crippen LogP) is 3.57. The smallest absolute Gasteiger partial charge is 0.231 e. The van der Waals surface area contributed by atoms with E-state index in [0.29, 0.717) is 11.7 Å². The van der Waals surface area contributed by atoms with E-state index in [-0.39, 0.29) is 24.2 Å². The SMILES string of the molecule is CCCCCc1nnc(NC(=O)[C@H]2CC(=O)N(c3ccccc3C)C2)s1. The first-order valence-electron chi connectivity index (χ1n) is 9.07. The third-order valence-electron chi connectivity index (χ3n) is 4.59. The molecule has 0 radical (unpaired) electrons. The zero-order valence-corrected chi connectivity index (χ0v) is 16.0. The van der Waals surface area contributed by atoms with E-state index >= 15 is 0 Å². The molecule has 1 aliphatic rings. The summed E-state index contributed by atoms with van der Waals surface area (Å²) in [6.07, 6.45) is 4.53. The second kappa shape index (κ2) is 8.40. The number of anilines is 2. The molecule has 2 aromatic rings. The van der Waals surface area contributed by atoms with Crippen molar-refractivity contribution in [2.24, 2.45) is 5.92 Å². The van der Waals surface area contributed by atoms with Crippen LogP contribution >= 0.6 is 11.3 Å². The van der Waals surface area contributed by atoms with Gasteiger partial charge in [0.25, 0.3) is 0 Å². The summed E-state index contributed by atoms with van der Waals surface area (Å²) in [6.45, 7) is 4.53. The van der Waals surface area contributed by atoms with Crippen molar-refractivity contribution >= 4 is 34.0 Å². The molecule has 3 rings (SSSR count). The number of rotatable bonds is 7. The van der Waals surface area contributed by atoms with Gasteiger partial charge in [-0.2, -0.15) is 0 Å². The summed E-state index contributed by atoms with van der Waals surface area (Å²) >= 11 is 1.42. The normalized spacial score (nSPS) is 16.9. The number of amides is 2. The molecule has 26 heavy (non-hydrogen) atoms. The molecule has 0 bridgehead atoms. The summed E-state index contributed by atoms with van der Waals surface area (Å²) in [4.78, 5) is 26.6. The highest BCUT2D eigenvalue weighted by atomic mass is 32.1. The van der Waals surface area contributed by atoms with Gasteiger partial charge >= 0.3 is 0 Å². The largest absolute Gasteiger partial charge is 0.311 e. The quantitative estimate of drug-likeness (QED) is 0.754. The van der Waals surface area contributed by atoms with Crippen molar-refractivity contribution in [2.45, 2.75) is 46.0 Å². The first kappa shape index (κ1) is 18.5. The van der Waals surface area contributed by atoms with Crippen LogP contribution in [0.25, 0.3) is 0 Å². The molecule has 6 nitrogen and oxygen atoms in total. The van der Waals surface area contributed by atoms with Gasteiger partial charge in [-0.25, -0.2) is 0 Å². The number of benzene rings is 1. The minimum absolute atomic E-state index is 0.0167. The Morgan fingerprint density at radius 1 is 1.31 bits per heavy atom. The van der Waals surface area contributed by atoms with Gasteiger partial charge in [0.05, 0.1) is 5.92 Å². The molecule has 1 aromatic heterocycles. The van der Waals surface area contributed by atoms with Crippen molar-refractivity contribution < 1.29 is 9.59 Å². The number of carbonyl (C=O) groups excluding carboxylic acids is 2. The van der Waals surface area contributed by atoms with Crippen LogP contribution in [-0.4, -0.2) is 28.6 Å². The molecule has 0 aliphatic carbocycles. The summed E-state index contributed by atoms with van der Waals surface area (Å²) in [5.74, 6) is -0.544. The Morgan fingerprint density at radius 3 is 2.88 bits per heavy atom. The monoisotopic (exact) mass is 372 g/mol. The van der Waals surface area contributed by atoms with Crippen molar-refractivity contribution in [3.8, 4) is 0 Å². The van der Waals surface area contributed by atoms with Crippen molar-refractivity contribution in [3.63, 3.8) is 0 Å². The first-order chi connectivity index (χ1) is 12.6. The number of hydrogen-bond donors (Lipinski definition) is 1. The Bertz CT molecular complexity index is 789. The summed E-state index contributed by atoms with van der Waals surface area (Å²) in [7, 11) is 0. The minimum Gasteiger partial charge on any atom is -0.311 e. The number of hydrogen-bond acceptors (Lipinski definition) is 5. The third-order valence-corrected chi connectivity index (χ3v) is 5.49. The summed E-state index contributed by atoms with van der Waals surface area (Å²) < 4.78 is 0. The van der Waals surface area contributed by atoms with Gasteiger partial charge in [-0.1, -0.05) is 49.3 Å². The van der Waals surface area contributed by atoms with Crippen LogP contribution in [-0.2, 0) is 16.0 Å². The van der Waals surface area contributed by atoms with Gasteiger partial charge in [-0.05, 0) is 25.0 Å². The molecular formula is C19H24N4O2S. The fourth-order valence-electron chi connectivity index (χ4n) is 3.12. The van der Waals surface area contributed by atoms with Gasteiger partial charge in [-0.3, -0.25) is 9.59 Å². The molecule has 1 saturated heterocycles. The summed E-state index contributed by atoms with van der Waals surface area (Å²) in [5.41, 5.74) is 1.91. The van der Waals surface area contributed by atoms with E-state index in [2.05, 4.69) is 22.4 Å². The molecule has 1 fully saturated rings. The second-order valence-electron chi connectivity index (χ2n) is 6.64. The average Bonchev–Trinajstić information content (AvgIpc) is 3.22. The molecule has 7 heteroatoms. The molecule has 138 valence electrons. The third kappa shape index (κ3) is 4.27. The van der Waals surface area contributed by atoms with Gasteiger partial charge in [0.1, 0.15) is 5.01 Å². The maximum Gasteiger partial charge on any atom is 0.231 e. The minimum atomic E-state index is -0.366. The van der Waals surface area contributed by atoms with E-state index in [4.69, 9.17) is 0 Å². The van der Waals surface area contributed by atoms with Crippen molar-refractivity contribution in [1.82, 2.24) is 10.2 Å². The number of carbonyl (C=O) groups is 2. The van der Waals surface area contributed by atoms with E-state index in [1.165, 1.54) is 17.8 Å². The van der Waals surface area contributed by atoms with Crippen LogP contribution in [0, 0.1) is 12.8 Å². The molecule has 0 saturated carbocycles. The second-order valence-corrected chi connectivity index (χ2v) is 7.70. The Balaban J connectivity index is 1.59. The summed E-state index contributed by atoms with van der Waals surface area (Å²) in [5, 5.41) is 12.5. The van der Waals surface area contributed by atoms with Crippen molar-refractivity contribution in [3.05, 3.63) is 34.8 Å². The van der Waals surface area contributed by atoms with Gasteiger partial charge in [0, 0.05) is 25.1 Å². The molecule has 1 aromatic carbocycles. The fraction of sp³-hybridized carbons (Fsp3) is 0.474. The fourth-order valence-corrected chi connectivity index (χ4v) is 3.91. The molecule has 1 aliphatic heterocycles. The predicted molar refractivity (Wildman–Crippen MR) is 103 cm³/mol. The molecule has 0 spiro atoms. The number of aryl methyl sites for hydroxylation is 2. The van der Waals surface area contributed by atoms with Crippen LogP contribution in [0.15, 0.2) is 24.3 Å². The van der Waals surface area contributed by atoms with Crippen molar-refractivity contribution in [2.75, 3.05) is 16.8 Å². The van der Waals surface area contributed by atoms with Gasteiger partial charge in [0.2, 0.25) is 16.9 Å². The highest BCUT2D eigenvalue weighted by molar-refractivity contribution is 7.15. The molecular weight excluding hydrogens is 348 g/mol. The van der Waals surface area contributed by atoms with Gasteiger partial charge in [0.15, 0.2) is 0 Å². The number of para-hydroxylation sites is 1. The maximum absolute atomic E-state index is 12.5. The topological polar surface area (TPSA) is 75.2 Å². The first-order valence-corrected chi connectivity index (χ1v) is 9.89. The van der Waals surface area contributed by atoms with Crippen LogP contribution in [0.4, 0.5) is 10.8 Å². The van der Waals surface area contributed by atoms with E-state index in [0.717, 1.165) is 35.5 Å². The lowest BCUT2D eigenvalue weighted by atomic mass is 10.1. The number of unbranched alkanes of at least 4 members (excludes halogenated alkanes) is 2. The number of nitrogens with one attached hydrogen (secondary N) is 1. The van der Waals surface area contributed by atoms with Gasteiger partial charge < -0.3 is 10.2 Å².